The van der Waals surface area contributed by atoms with Gasteiger partial charge in [-0.25, -0.2) is 4.57 Å². The second kappa shape index (κ2) is 19.2. The summed E-state index contributed by atoms with van der Waals surface area (Å²) in [5.74, 6) is -0.971. The first kappa shape index (κ1) is 39.2. The highest BCUT2D eigenvalue weighted by molar-refractivity contribution is 7.48. The molecule has 0 bridgehead atoms. The van der Waals surface area contributed by atoms with Crippen LogP contribution in [-0.4, -0.2) is 32.2 Å². The van der Waals surface area contributed by atoms with Gasteiger partial charge < -0.3 is 35.4 Å². The summed E-state index contributed by atoms with van der Waals surface area (Å²) in [6.45, 7) is 0. The van der Waals surface area contributed by atoms with Crippen LogP contribution in [0.3, 0.4) is 0 Å². The molecule has 0 unspecified atom stereocenters. The van der Waals surface area contributed by atoms with Crippen LogP contribution in [0.25, 0.3) is 16.0 Å². The average molecular weight is 732 g/mol. The Morgan fingerprint density at radius 2 is 1.00 bits per heavy atom. The van der Waals surface area contributed by atoms with E-state index in [0.29, 0.717) is 5.56 Å². The molecule has 0 fully saturated rings. The summed E-state index contributed by atoms with van der Waals surface area (Å²) in [6, 6.07) is 49.4. The first-order valence-electron chi connectivity index (χ1n) is 16.1. The number of hydrogen-bond donors (Lipinski definition) is 5. The van der Waals surface area contributed by atoms with Crippen molar-refractivity contribution < 1.29 is 38.6 Å². The fourth-order valence-electron chi connectivity index (χ4n) is 5.46. The Hall–Kier alpha value is -6.55. The number of phosphoric acid groups is 1. The first-order chi connectivity index (χ1) is 25.6. The van der Waals surface area contributed by atoms with Gasteiger partial charge in [0.25, 0.3) is 0 Å². The molecule has 5 N–H and O–H groups in total. The van der Waals surface area contributed by atoms with Gasteiger partial charge in [0.05, 0.1) is 5.54 Å². The number of nitrogens with zero attached hydrogens (tertiary/aromatic N) is 3. The number of aromatic hydroxyl groups is 2. The summed E-state index contributed by atoms with van der Waals surface area (Å²) in [5.41, 5.74) is 15.9. The molecule has 6 aromatic carbocycles. The summed E-state index contributed by atoms with van der Waals surface area (Å²) in [6.07, 6.45) is 0.109. The first-order valence-corrected chi connectivity index (χ1v) is 17.6. The maximum atomic E-state index is 12.5. The van der Waals surface area contributed by atoms with Gasteiger partial charge in [-0.05, 0) is 65.1 Å². The van der Waals surface area contributed by atoms with Crippen LogP contribution in [0.5, 0.6) is 23.0 Å². The highest BCUT2D eigenvalue weighted by Gasteiger charge is 2.39. The third kappa shape index (κ3) is 11.2. The van der Waals surface area contributed by atoms with E-state index in [4.69, 9.17) is 20.1 Å². The van der Waals surface area contributed by atoms with Crippen LogP contribution < -0.4 is 14.4 Å². The van der Waals surface area contributed by atoms with E-state index in [0.717, 1.165) is 16.7 Å². The van der Waals surface area contributed by atoms with Crippen LogP contribution in [0.4, 0.5) is 0 Å². The molecule has 0 aliphatic rings. The number of carboxylic acids is 1. The summed E-state index contributed by atoms with van der Waals surface area (Å²) >= 11 is 0. The lowest BCUT2D eigenvalue weighted by Crippen LogP contribution is -2.53. The second-order valence-electron chi connectivity index (χ2n) is 11.3. The Balaban J connectivity index is 0.000000262. The lowest BCUT2D eigenvalue weighted by Gasteiger charge is -2.39. The third-order valence-corrected chi connectivity index (χ3v) is 8.60. The van der Waals surface area contributed by atoms with Gasteiger partial charge in [-0.3, -0.25) is 19.9 Å². The molecule has 0 radical (unpaired) electrons. The van der Waals surface area contributed by atoms with Gasteiger partial charge in [-0.15, -0.1) is 0 Å². The van der Waals surface area contributed by atoms with Crippen LogP contribution >= 0.6 is 7.82 Å². The van der Waals surface area contributed by atoms with Crippen molar-refractivity contribution in [3.8, 4) is 23.0 Å². The average Bonchev–Trinajstić information content (AvgIpc) is 3.17. The fraction of sp³-hybridized carbons (Fsp3) is 0.0750. The fourth-order valence-corrected chi connectivity index (χ4v) is 6.27. The SMILES string of the molecule is O=C(O)[C@H](Cc1ccc(O)c(O)c1)NC(c1ccccc1)(c1ccccc1)c1ccccc1.O=P(O)(Oc1ccccc1)Oc1ccccc1.[N-]=[N+]=[N-]. The third-order valence-electron chi connectivity index (χ3n) is 7.72. The van der Waals surface area contributed by atoms with Crippen molar-refractivity contribution in [2.75, 3.05) is 0 Å². The van der Waals surface area contributed by atoms with E-state index in [1.807, 2.05) is 91.0 Å². The normalized spacial score (nSPS) is 11.3. The minimum Gasteiger partial charge on any atom is -0.504 e. The standard InChI is InChI=1S/C28H25NO4.C12H11O4P.N3/c30-25-17-16-20(19-26(25)31)18-24(27(32)33)29-28(21-10-4-1-5-11-21,22-12-6-2-7-13-22)23-14-8-3-9-15-23;13-17(14,15-11-7-3-1-4-8-11)16-12-9-5-2-6-10-12;1-3-2/h1-17,19,24,29-31H,18H2,(H,32,33);1-10H,(H,13,14);/q;;-1/t24-;;/m0../s1. The molecule has 1 atom stereocenters. The van der Waals surface area contributed by atoms with Gasteiger partial charge >= 0.3 is 13.8 Å². The number of aliphatic carboxylic acids is 1. The van der Waals surface area contributed by atoms with Crippen LogP contribution in [-0.2, 0) is 21.3 Å². The number of rotatable bonds is 12. The summed E-state index contributed by atoms with van der Waals surface area (Å²) < 4.78 is 21.5. The molecule has 0 amide bonds. The monoisotopic (exact) mass is 731 g/mol. The van der Waals surface area contributed by atoms with Crippen LogP contribution in [0.15, 0.2) is 170 Å². The molecule has 0 spiro atoms. The molecule has 12 nitrogen and oxygen atoms in total. The molecule has 13 heteroatoms. The largest absolute Gasteiger partial charge is 0.584 e. The molecule has 0 heterocycles. The number of benzene rings is 6. The van der Waals surface area contributed by atoms with E-state index in [2.05, 4.69) is 5.32 Å². The van der Waals surface area contributed by atoms with Gasteiger partial charge in [0.1, 0.15) is 17.5 Å². The zero-order chi connectivity index (χ0) is 38.1. The minimum atomic E-state index is -4.14. The summed E-state index contributed by atoms with van der Waals surface area (Å²) in [5, 5.41) is 33.2. The number of nitrogens with one attached hydrogen (secondary N) is 1. The van der Waals surface area contributed by atoms with E-state index in [1.165, 1.54) is 17.0 Å². The molecule has 270 valence electrons. The Morgan fingerprint density at radius 3 is 1.34 bits per heavy atom. The molecule has 53 heavy (non-hydrogen) atoms. The number of para-hydroxylation sites is 2. The maximum Gasteiger partial charge on any atom is 0.584 e. The minimum absolute atomic E-state index is 0.109. The van der Waals surface area contributed by atoms with Crippen molar-refractivity contribution in [1.29, 1.82) is 0 Å². The zero-order valence-corrected chi connectivity index (χ0v) is 29.1. The Morgan fingerprint density at radius 1 is 0.642 bits per heavy atom. The van der Waals surface area contributed by atoms with Crippen molar-refractivity contribution in [3.05, 3.63) is 208 Å². The molecule has 6 aromatic rings. The highest BCUT2D eigenvalue weighted by Crippen LogP contribution is 2.44. The number of phosphoric ester groups is 1. The number of hydrogen-bond acceptors (Lipinski definition) is 7. The molecular weight excluding hydrogens is 695 g/mol. The van der Waals surface area contributed by atoms with Crippen molar-refractivity contribution in [2.24, 2.45) is 0 Å². The Kier molecular flexibility index (Phi) is 14.2. The van der Waals surface area contributed by atoms with Crippen molar-refractivity contribution in [2.45, 2.75) is 18.0 Å². The summed E-state index contributed by atoms with van der Waals surface area (Å²) in [7, 11) is -4.14. The van der Waals surface area contributed by atoms with Crippen molar-refractivity contribution in [3.63, 3.8) is 0 Å². The quantitative estimate of drug-likeness (QED) is 0.0203. The van der Waals surface area contributed by atoms with E-state index < -0.39 is 25.4 Å². The lowest BCUT2D eigenvalue weighted by atomic mass is 9.76. The van der Waals surface area contributed by atoms with Crippen molar-refractivity contribution in [1.82, 2.24) is 5.32 Å². The van der Waals surface area contributed by atoms with E-state index in [9.17, 15) is 29.6 Å². The lowest BCUT2D eigenvalue weighted by molar-refractivity contribution is -0.139. The number of phenols is 2. The predicted molar refractivity (Wildman–Crippen MR) is 201 cm³/mol. The number of carboxylic acid groups (broad SMARTS) is 1. The predicted octanol–water partition coefficient (Wildman–Crippen LogP) is 8.79. The zero-order valence-electron chi connectivity index (χ0n) is 28.2. The van der Waals surface area contributed by atoms with Gasteiger partial charge in [0.15, 0.2) is 11.5 Å². The molecule has 0 aliphatic heterocycles. The van der Waals surface area contributed by atoms with E-state index in [1.54, 1.807) is 66.7 Å². The molecule has 0 saturated carbocycles. The second-order valence-corrected chi connectivity index (χ2v) is 12.6. The Labute approximate surface area is 306 Å². The Bertz CT molecular complexity index is 1960. The molecule has 0 aromatic heterocycles. The van der Waals surface area contributed by atoms with Crippen LogP contribution in [0.2, 0.25) is 0 Å². The van der Waals surface area contributed by atoms with E-state index in [-0.39, 0.29) is 29.4 Å². The molecular formula is C40H36N4O8P-. The maximum absolute atomic E-state index is 12.5. The summed E-state index contributed by atoms with van der Waals surface area (Å²) in [4.78, 5) is 23.5. The molecule has 0 aliphatic carbocycles. The van der Waals surface area contributed by atoms with Gasteiger partial charge in [-0.2, -0.15) is 0 Å². The molecule has 6 rings (SSSR count). The smallest absolute Gasteiger partial charge is 0.504 e. The highest BCUT2D eigenvalue weighted by atomic mass is 31.2. The van der Waals surface area contributed by atoms with E-state index >= 15 is 0 Å². The van der Waals surface area contributed by atoms with Gasteiger partial charge in [0.2, 0.25) is 0 Å². The van der Waals surface area contributed by atoms with Gasteiger partial charge in [0, 0.05) is 0 Å². The van der Waals surface area contributed by atoms with Crippen molar-refractivity contribution >= 4 is 13.8 Å². The molecule has 0 saturated heterocycles. The number of carbonyl (C=O) groups is 1. The topological polar surface area (TPSA) is 204 Å². The van der Waals surface area contributed by atoms with Crippen LogP contribution in [0.1, 0.15) is 22.3 Å². The number of phenolic OH excluding ortho intramolecular Hbond substituents is 2. The van der Waals surface area contributed by atoms with Crippen LogP contribution in [0, 0.1) is 0 Å². The van der Waals surface area contributed by atoms with Gasteiger partial charge in [-0.1, -0.05) is 133 Å².